The van der Waals surface area contributed by atoms with Crippen molar-refractivity contribution in [1.82, 2.24) is 9.55 Å². The molecule has 2 N–H and O–H groups in total. The van der Waals surface area contributed by atoms with E-state index >= 15 is 0 Å². The van der Waals surface area contributed by atoms with Crippen molar-refractivity contribution >= 4 is 38.3 Å². The van der Waals surface area contributed by atoms with Crippen molar-refractivity contribution in [1.29, 1.82) is 0 Å². The van der Waals surface area contributed by atoms with E-state index in [1.165, 1.54) is 16.9 Å². The summed E-state index contributed by atoms with van der Waals surface area (Å²) in [7, 11) is 0. The van der Waals surface area contributed by atoms with Crippen LogP contribution in [0.4, 0.5) is 15.5 Å². The lowest BCUT2D eigenvalue weighted by Gasteiger charge is -2.09. The predicted molar refractivity (Wildman–Crippen MR) is 119 cm³/mol. The molecule has 0 fully saturated rings. The second-order valence-electron chi connectivity index (χ2n) is 8.03. The molecule has 1 unspecified atom stereocenters. The molecule has 3 heterocycles. The molecule has 152 valence electrons. The van der Waals surface area contributed by atoms with Gasteiger partial charge in [-0.25, -0.2) is 9.78 Å². The summed E-state index contributed by atoms with van der Waals surface area (Å²) in [6.07, 6.45) is 2.86. The molecule has 1 aliphatic rings. The maximum absolute atomic E-state index is 13.1. The molecule has 4 rings (SSSR count). The number of nitrogens with one attached hydrogen (secondary N) is 2. The minimum atomic E-state index is -0.321. The quantitative estimate of drug-likeness (QED) is 0.624. The summed E-state index contributed by atoms with van der Waals surface area (Å²) in [6, 6.07) is 5.48. The van der Waals surface area contributed by atoms with Crippen molar-refractivity contribution < 1.29 is 4.79 Å². The van der Waals surface area contributed by atoms with Crippen LogP contribution in [-0.4, -0.2) is 15.6 Å². The monoisotopic (exact) mass is 410 g/mol. The van der Waals surface area contributed by atoms with E-state index in [4.69, 9.17) is 4.98 Å². The maximum Gasteiger partial charge on any atom is 0.324 e. The first-order valence-electron chi connectivity index (χ1n) is 10.0. The van der Waals surface area contributed by atoms with Gasteiger partial charge in [0.15, 0.2) is 0 Å². The van der Waals surface area contributed by atoms with Crippen LogP contribution in [0.5, 0.6) is 0 Å². The maximum atomic E-state index is 13.1. The average Bonchev–Trinajstić information content (AvgIpc) is 2.84. The van der Waals surface area contributed by atoms with Crippen LogP contribution in [0.2, 0.25) is 0 Å². The standard InChI is InChI=1S/C22H26N4O2S/c1-12-5-8-17-24-20-18(21(27)26(17)10-9-12)15(4)19(29-20)25-22(28)23-16-7-6-13(2)14(3)11-16/h6-7,11-12H,5,8-10H2,1-4H3,(H2,23,25,28). The van der Waals surface area contributed by atoms with E-state index in [9.17, 15) is 9.59 Å². The van der Waals surface area contributed by atoms with Gasteiger partial charge in [-0.3, -0.25) is 14.7 Å². The molecular weight excluding hydrogens is 384 g/mol. The molecule has 3 aromatic rings. The number of carbonyl (C=O) groups is 1. The molecule has 0 saturated heterocycles. The van der Waals surface area contributed by atoms with Gasteiger partial charge in [0.05, 0.1) is 5.39 Å². The Bertz CT molecular complexity index is 1160. The third kappa shape index (κ3) is 3.79. The molecule has 0 spiro atoms. The zero-order chi connectivity index (χ0) is 20.7. The number of benzene rings is 1. The summed E-state index contributed by atoms with van der Waals surface area (Å²) in [6.45, 7) is 8.86. The number of thiophene rings is 1. The fourth-order valence-electron chi connectivity index (χ4n) is 3.75. The summed E-state index contributed by atoms with van der Waals surface area (Å²) in [4.78, 5) is 31.1. The van der Waals surface area contributed by atoms with Crippen LogP contribution >= 0.6 is 11.3 Å². The van der Waals surface area contributed by atoms with E-state index in [-0.39, 0.29) is 11.6 Å². The molecule has 1 aliphatic heterocycles. The van der Waals surface area contributed by atoms with Crippen LogP contribution in [0.1, 0.15) is 42.3 Å². The SMILES string of the molecule is Cc1ccc(NC(=O)Nc2sc3nc4n(c(=O)c3c2C)CCC(C)CC4)cc1C. The number of nitrogens with zero attached hydrogens (tertiary/aromatic N) is 2. The Morgan fingerprint density at radius 2 is 1.97 bits per heavy atom. The smallest absolute Gasteiger partial charge is 0.308 e. The normalized spacial score (nSPS) is 16.3. The van der Waals surface area contributed by atoms with Crippen LogP contribution < -0.4 is 16.2 Å². The van der Waals surface area contributed by atoms with E-state index in [1.54, 1.807) is 0 Å². The van der Waals surface area contributed by atoms with Gasteiger partial charge in [-0.1, -0.05) is 24.3 Å². The van der Waals surface area contributed by atoms with Gasteiger partial charge in [-0.15, -0.1) is 0 Å². The average molecular weight is 411 g/mol. The van der Waals surface area contributed by atoms with E-state index in [1.807, 2.05) is 43.5 Å². The molecule has 0 radical (unpaired) electrons. The van der Waals surface area contributed by atoms with E-state index in [2.05, 4.69) is 17.6 Å². The number of fused-ring (bicyclic) bond motifs is 2. The first-order chi connectivity index (χ1) is 13.8. The van der Waals surface area contributed by atoms with Crippen LogP contribution in [0, 0.1) is 26.7 Å². The molecular formula is C22H26N4O2S. The van der Waals surface area contributed by atoms with Crippen LogP contribution in [0.3, 0.4) is 0 Å². The Balaban J connectivity index is 1.62. The number of aromatic nitrogens is 2. The fraction of sp³-hybridized carbons (Fsp3) is 0.409. The molecule has 0 aliphatic carbocycles. The lowest BCUT2D eigenvalue weighted by atomic mass is 10.0. The number of hydrogen-bond donors (Lipinski definition) is 2. The van der Waals surface area contributed by atoms with E-state index in [0.717, 1.165) is 41.9 Å². The molecule has 1 aromatic carbocycles. The van der Waals surface area contributed by atoms with Crippen molar-refractivity contribution in [2.75, 3.05) is 10.6 Å². The summed E-state index contributed by atoms with van der Waals surface area (Å²) in [5.74, 6) is 1.46. The summed E-state index contributed by atoms with van der Waals surface area (Å²) in [5.41, 5.74) is 3.83. The van der Waals surface area contributed by atoms with Gasteiger partial charge in [-0.2, -0.15) is 0 Å². The molecule has 7 heteroatoms. The minimum Gasteiger partial charge on any atom is -0.308 e. The molecule has 0 bridgehead atoms. The number of carbonyl (C=O) groups excluding carboxylic acids is 1. The third-order valence-electron chi connectivity index (χ3n) is 5.83. The number of rotatable bonds is 2. The number of anilines is 2. The number of hydrogen-bond acceptors (Lipinski definition) is 4. The summed E-state index contributed by atoms with van der Waals surface area (Å²) < 4.78 is 1.82. The summed E-state index contributed by atoms with van der Waals surface area (Å²) in [5, 5.41) is 7.05. The van der Waals surface area contributed by atoms with Crippen LogP contribution in [0.25, 0.3) is 10.2 Å². The molecule has 29 heavy (non-hydrogen) atoms. The van der Waals surface area contributed by atoms with Crippen molar-refractivity contribution in [3.63, 3.8) is 0 Å². The Morgan fingerprint density at radius 3 is 2.72 bits per heavy atom. The van der Waals surface area contributed by atoms with Crippen molar-refractivity contribution in [2.45, 2.75) is 53.5 Å². The van der Waals surface area contributed by atoms with Gasteiger partial charge < -0.3 is 5.32 Å². The molecule has 0 saturated carbocycles. The van der Waals surface area contributed by atoms with Gasteiger partial charge in [0.25, 0.3) is 5.56 Å². The number of urea groups is 1. The highest BCUT2D eigenvalue weighted by molar-refractivity contribution is 7.22. The lowest BCUT2D eigenvalue weighted by Crippen LogP contribution is -2.24. The highest BCUT2D eigenvalue weighted by atomic mass is 32.1. The van der Waals surface area contributed by atoms with Crippen molar-refractivity contribution in [3.05, 3.63) is 51.1 Å². The van der Waals surface area contributed by atoms with Gasteiger partial charge in [-0.05, 0) is 68.4 Å². The predicted octanol–water partition coefficient (Wildman–Crippen LogP) is 5.00. The Hall–Kier alpha value is -2.67. The molecule has 2 amide bonds. The van der Waals surface area contributed by atoms with Crippen molar-refractivity contribution in [3.8, 4) is 0 Å². The topological polar surface area (TPSA) is 76.0 Å². The molecule has 2 aromatic heterocycles. The van der Waals surface area contributed by atoms with E-state index in [0.29, 0.717) is 27.7 Å². The molecule has 1 atom stereocenters. The largest absolute Gasteiger partial charge is 0.324 e. The Kier molecular flexibility index (Phi) is 5.17. The third-order valence-corrected chi connectivity index (χ3v) is 6.93. The summed E-state index contributed by atoms with van der Waals surface area (Å²) >= 11 is 1.37. The zero-order valence-corrected chi connectivity index (χ0v) is 18.1. The van der Waals surface area contributed by atoms with Gasteiger partial charge in [0.2, 0.25) is 0 Å². The minimum absolute atomic E-state index is 0.00969. The first-order valence-corrected chi connectivity index (χ1v) is 10.8. The van der Waals surface area contributed by atoms with Gasteiger partial charge in [0, 0.05) is 18.7 Å². The second kappa shape index (κ2) is 7.63. The Labute approximate surface area is 174 Å². The fourth-order valence-corrected chi connectivity index (χ4v) is 4.84. The highest BCUT2D eigenvalue weighted by Gasteiger charge is 2.21. The second-order valence-corrected chi connectivity index (χ2v) is 9.03. The van der Waals surface area contributed by atoms with E-state index < -0.39 is 0 Å². The van der Waals surface area contributed by atoms with Crippen LogP contribution in [0.15, 0.2) is 23.0 Å². The number of aryl methyl sites for hydroxylation is 4. The van der Waals surface area contributed by atoms with Gasteiger partial charge in [0.1, 0.15) is 15.7 Å². The first kappa shape index (κ1) is 19.6. The highest BCUT2D eigenvalue weighted by Crippen LogP contribution is 2.33. The lowest BCUT2D eigenvalue weighted by molar-refractivity contribution is 0.262. The Morgan fingerprint density at radius 1 is 1.17 bits per heavy atom. The van der Waals surface area contributed by atoms with Crippen LogP contribution in [-0.2, 0) is 13.0 Å². The number of amides is 2. The zero-order valence-electron chi connectivity index (χ0n) is 17.3. The van der Waals surface area contributed by atoms with Gasteiger partial charge >= 0.3 is 6.03 Å². The van der Waals surface area contributed by atoms with Crippen molar-refractivity contribution in [2.24, 2.45) is 5.92 Å². The molecule has 6 nitrogen and oxygen atoms in total.